The fourth-order valence-electron chi connectivity index (χ4n) is 8.34. The minimum Gasteiger partial charge on any atom is -0.314 e. The molecule has 0 amide bonds. The van der Waals surface area contributed by atoms with E-state index in [2.05, 4.69) is 205 Å². The molecule has 0 N–H and O–H groups in total. The molecule has 0 bridgehead atoms. The van der Waals surface area contributed by atoms with Crippen molar-refractivity contribution in [2.24, 2.45) is 0 Å². The largest absolute Gasteiger partial charge is 0.314 e. The van der Waals surface area contributed by atoms with Crippen LogP contribution in [0.4, 0.5) is 11.4 Å². The average Bonchev–Trinajstić information content (AvgIpc) is 3.24. The monoisotopic (exact) mass is 675 g/mol. The van der Waals surface area contributed by atoms with Crippen molar-refractivity contribution < 1.29 is 0 Å². The molecule has 1 aliphatic carbocycles. The van der Waals surface area contributed by atoms with Crippen LogP contribution in [0.2, 0.25) is 0 Å². The third-order valence-corrected chi connectivity index (χ3v) is 10.9. The standard InChI is InChI=1S/C52H37N/c1-3-13-36(14-4-1)39-25-29-44(30-26-39)53(45-31-27-40(28-32-45)37-15-5-2-6-16-37)51-35-43-34-50(42-24-23-38-17-7-8-18-41(38)33-42)46-19-9-11-21-48(46)52(43)49-22-12-10-20-47(49)51/h1-27,29-31,33-35H,28,32H2. The lowest BCUT2D eigenvalue weighted by Gasteiger charge is -2.31. The normalized spacial score (nSPS) is 13.0. The Balaban J connectivity index is 1.21. The minimum atomic E-state index is 0.938. The SMILES string of the molecule is C1=C(c2ccccc2)CCC(N(c2ccc(-c3ccccc3)cc2)c2cc3cc(-c4ccc5ccccc5c4)c4ccccc4c3c3ccccc23)=C1. The summed E-state index contributed by atoms with van der Waals surface area (Å²) in [6.45, 7) is 0. The highest BCUT2D eigenvalue weighted by atomic mass is 15.1. The summed E-state index contributed by atoms with van der Waals surface area (Å²) in [4.78, 5) is 2.51. The quantitative estimate of drug-likeness (QED) is 0.159. The zero-order valence-corrected chi connectivity index (χ0v) is 29.4. The predicted octanol–water partition coefficient (Wildman–Crippen LogP) is 14.5. The molecule has 0 unspecified atom stereocenters. The second kappa shape index (κ2) is 13.1. The molecule has 10 rings (SSSR count). The Labute approximate surface area is 310 Å². The molecule has 1 nitrogen and oxygen atoms in total. The maximum Gasteiger partial charge on any atom is 0.0543 e. The van der Waals surface area contributed by atoms with Gasteiger partial charge in [-0.05, 0) is 120 Å². The summed E-state index contributed by atoms with van der Waals surface area (Å²) >= 11 is 0. The molecule has 0 aliphatic heterocycles. The van der Waals surface area contributed by atoms with Crippen LogP contribution in [-0.4, -0.2) is 0 Å². The summed E-state index contributed by atoms with van der Waals surface area (Å²) in [5.41, 5.74) is 11.3. The molecule has 0 saturated heterocycles. The Morgan fingerprint density at radius 3 is 1.66 bits per heavy atom. The van der Waals surface area contributed by atoms with Crippen LogP contribution in [-0.2, 0) is 0 Å². The topological polar surface area (TPSA) is 3.24 Å². The van der Waals surface area contributed by atoms with Crippen LogP contribution in [0.15, 0.2) is 206 Å². The number of nitrogens with zero attached hydrogens (tertiary/aromatic N) is 1. The molecule has 0 spiro atoms. The summed E-state index contributed by atoms with van der Waals surface area (Å²) in [6.07, 6.45) is 6.59. The smallest absolute Gasteiger partial charge is 0.0543 e. The molecule has 0 heterocycles. The van der Waals surface area contributed by atoms with Gasteiger partial charge in [0.1, 0.15) is 0 Å². The van der Waals surface area contributed by atoms with Gasteiger partial charge in [0.25, 0.3) is 0 Å². The number of benzene rings is 9. The second-order valence-electron chi connectivity index (χ2n) is 14.0. The number of anilines is 2. The first kappa shape index (κ1) is 31.1. The van der Waals surface area contributed by atoms with E-state index in [0.29, 0.717) is 0 Å². The van der Waals surface area contributed by atoms with Gasteiger partial charge >= 0.3 is 0 Å². The summed E-state index contributed by atoms with van der Waals surface area (Å²) in [7, 11) is 0. The number of hydrogen-bond acceptors (Lipinski definition) is 1. The summed E-state index contributed by atoms with van der Waals surface area (Å²) in [6, 6.07) is 68.9. The van der Waals surface area contributed by atoms with Gasteiger partial charge in [-0.2, -0.15) is 0 Å². The van der Waals surface area contributed by atoms with Gasteiger partial charge in [0.2, 0.25) is 0 Å². The maximum atomic E-state index is 2.51. The van der Waals surface area contributed by atoms with Gasteiger partial charge in [-0.3, -0.25) is 0 Å². The van der Waals surface area contributed by atoms with Crippen LogP contribution in [0, 0.1) is 0 Å². The van der Waals surface area contributed by atoms with Crippen molar-refractivity contribution in [3.8, 4) is 22.3 Å². The van der Waals surface area contributed by atoms with Crippen molar-refractivity contribution in [1.29, 1.82) is 0 Å². The molecular weight excluding hydrogens is 639 g/mol. The first-order valence-electron chi connectivity index (χ1n) is 18.6. The van der Waals surface area contributed by atoms with E-state index in [1.165, 1.54) is 87.9 Å². The molecule has 1 heteroatoms. The Hall–Kier alpha value is -6.70. The van der Waals surface area contributed by atoms with Crippen LogP contribution in [0.5, 0.6) is 0 Å². The Morgan fingerprint density at radius 2 is 0.943 bits per heavy atom. The lowest BCUT2D eigenvalue weighted by Crippen LogP contribution is -2.18. The van der Waals surface area contributed by atoms with E-state index in [0.717, 1.165) is 18.5 Å². The molecule has 9 aromatic rings. The molecule has 0 radical (unpaired) electrons. The molecule has 250 valence electrons. The Bertz CT molecular complexity index is 2860. The number of allylic oxidation sites excluding steroid dienone is 4. The highest BCUT2D eigenvalue weighted by Gasteiger charge is 2.22. The molecule has 9 aromatic carbocycles. The number of hydrogen-bond donors (Lipinski definition) is 0. The van der Waals surface area contributed by atoms with Gasteiger partial charge < -0.3 is 4.90 Å². The highest BCUT2D eigenvalue weighted by Crippen LogP contribution is 2.46. The van der Waals surface area contributed by atoms with Crippen LogP contribution in [0.25, 0.3) is 70.9 Å². The predicted molar refractivity (Wildman–Crippen MR) is 228 cm³/mol. The van der Waals surface area contributed by atoms with Gasteiger partial charge in [-0.15, -0.1) is 0 Å². The van der Waals surface area contributed by atoms with E-state index in [1.807, 2.05) is 0 Å². The number of rotatable bonds is 6. The zero-order chi connectivity index (χ0) is 35.1. The Kier molecular flexibility index (Phi) is 7.69. The summed E-state index contributed by atoms with van der Waals surface area (Å²) in [5.74, 6) is 0. The van der Waals surface area contributed by atoms with Crippen molar-refractivity contribution in [1.82, 2.24) is 0 Å². The van der Waals surface area contributed by atoms with E-state index in [-0.39, 0.29) is 0 Å². The van der Waals surface area contributed by atoms with Gasteiger partial charge in [0.15, 0.2) is 0 Å². The van der Waals surface area contributed by atoms with Crippen LogP contribution < -0.4 is 4.90 Å². The lowest BCUT2D eigenvalue weighted by atomic mass is 9.89. The van der Waals surface area contributed by atoms with E-state index < -0.39 is 0 Å². The van der Waals surface area contributed by atoms with Gasteiger partial charge in [0.05, 0.1) is 5.69 Å². The minimum absolute atomic E-state index is 0.938. The van der Waals surface area contributed by atoms with Crippen LogP contribution >= 0.6 is 0 Å². The second-order valence-corrected chi connectivity index (χ2v) is 14.0. The van der Waals surface area contributed by atoms with Crippen molar-refractivity contribution in [2.45, 2.75) is 12.8 Å². The van der Waals surface area contributed by atoms with Crippen molar-refractivity contribution in [2.75, 3.05) is 4.90 Å². The Morgan fingerprint density at radius 1 is 0.358 bits per heavy atom. The molecule has 53 heavy (non-hydrogen) atoms. The first-order chi connectivity index (χ1) is 26.3. The third kappa shape index (κ3) is 5.59. The van der Waals surface area contributed by atoms with E-state index in [4.69, 9.17) is 0 Å². The van der Waals surface area contributed by atoms with Crippen molar-refractivity contribution in [3.63, 3.8) is 0 Å². The maximum absolute atomic E-state index is 2.51. The van der Waals surface area contributed by atoms with E-state index in [1.54, 1.807) is 0 Å². The van der Waals surface area contributed by atoms with E-state index in [9.17, 15) is 0 Å². The van der Waals surface area contributed by atoms with Crippen LogP contribution in [0.1, 0.15) is 18.4 Å². The number of fused-ring (bicyclic) bond motifs is 6. The van der Waals surface area contributed by atoms with Gasteiger partial charge in [0, 0.05) is 16.8 Å². The average molecular weight is 676 g/mol. The molecular formula is C52H37N. The molecule has 0 fully saturated rings. The summed E-state index contributed by atoms with van der Waals surface area (Å²) in [5, 5.41) is 10.1. The molecule has 0 aromatic heterocycles. The zero-order valence-electron chi connectivity index (χ0n) is 29.4. The molecule has 0 saturated carbocycles. The first-order valence-corrected chi connectivity index (χ1v) is 18.6. The fourth-order valence-corrected chi connectivity index (χ4v) is 8.34. The van der Waals surface area contributed by atoms with Crippen LogP contribution in [0.3, 0.4) is 0 Å². The van der Waals surface area contributed by atoms with E-state index >= 15 is 0 Å². The molecule has 0 atom stereocenters. The molecule has 1 aliphatic rings. The highest BCUT2D eigenvalue weighted by molar-refractivity contribution is 6.26. The summed E-state index contributed by atoms with van der Waals surface area (Å²) < 4.78 is 0. The third-order valence-electron chi connectivity index (χ3n) is 10.9. The lowest BCUT2D eigenvalue weighted by molar-refractivity contribution is 0.932. The van der Waals surface area contributed by atoms with Gasteiger partial charge in [-0.25, -0.2) is 0 Å². The fraction of sp³-hybridized carbons (Fsp3) is 0.0385. The van der Waals surface area contributed by atoms with Crippen molar-refractivity contribution in [3.05, 3.63) is 211 Å². The van der Waals surface area contributed by atoms with Gasteiger partial charge in [-0.1, -0.05) is 164 Å². The van der Waals surface area contributed by atoms with Crippen molar-refractivity contribution >= 4 is 60.0 Å².